The number of anilines is 1. The molecule has 0 aliphatic carbocycles. The number of H-pyrrole nitrogens is 1. The number of benzene rings is 2. The molecule has 21 heavy (non-hydrogen) atoms. The summed E-state index contributed by atoms with van der Waals surface area (Å²) in [4.78, 5) is 12.4. The van der Waals surface area contributed by atoms with Crippen LogP contribution in [0.1, 0.15) is 10.4 Å². The van der Waals surface area contributed by atoms with Gasteiger partial charge in [0, 0.05) is 9.86 Å². The molecule has 2 N–H and O–H groups in total. The van der Waals surface area contributed by atoms with Crippen LogP contribution in [0.3, 0.4) is 0 Å². The number of amides is 1. The smallest absolute Gasteiger partial charge is 0.258 e. The number of ether oxygens (including phenoxy) is 1. The van der Waals surface area contributed by atoms with Crippen molar-refractivity contribution in [3.63, 3.8) is 0 Å². The van der Waals surface area contributed by atoms with E-state index in [0.717, 1.165) is 10.9 Å². The summed E-state index contributed by atoms with van der Waals surface area (Å²) < 4.78 is 5.84. The summed E-state index contributed by atoms with van der Waals surface area (Å²) in [7, 11) is 1.56. The average Bonchev–Trinajstić information content (AvgIpc) is 2.91. The van der Waals surface area contributed by atoms with Gasteiger partial charge in [0.25, 0.3) is 5.91 Å². The third-order valence-corrected chi connectivity index (χ3v) is 3.81. The number of carbonyl (C=O) groups excluding carboxylic acids is 1. The number of rotatable bonds is 3. The Labute approximate surface area is 129 Å². The number of nitrogens with zero attached hydrogens (tertiary/aromatic N) is 1. The van der Waals surface area contributed by atoms with Crippen molar-refractivity contribution >= 4 is 38.6 Å². The summed E-state index contributed by atoms with van der Waals surface area (Å²) in [5.74, 6) is 0.874. The predicted octanol–water partition coefficient (Wildman–Crippen LogP) is 3.59. The summed E-state index contributed by atoms with van der Waals surface area (Å²) in [5, 5.41) is 10.7. The number of nitrogens with one attached hydrogen (secondary N) is 2. The van der Waals surface area contributed by atoms with Crippen LogP contribution in [0.15, 0.2) is 46.9 Å². The molecule has 0 bridgehead atoms. The van der Waals surface area contributed by atoms with Gasteiger partial charge in [-0.3, -0.25) is 9.89 Å². The summed E-state index contributed by atoms with van der Waals surface area (Å²) in [6, 6.07) is 12.8. The number of para-hydroxylation sites is 1. The van der Waals surface area contributed by atoms with Crippen LogP contribution in [0.25, 0.3) is 10.9 Å². The van der Waals surface area contributed by atoms with Gasteiger partial charge in [0.1, 0.15) is 5.75 Å². The molecule has 3 aromatic rings. The molecule has 6 heteroatoms. The Bertz CT molecular complexity index is 814. The fraction of sp³-hybridized carbons (Fsp3) is 0.0667. The minimum absolute atomic E-state index is 0.252. The normalized spacial score (nSPS) is 10.6. The van der Waals surface area contributed by atoms with Gasteiger partial charge in [0.2, 0.25) is 0 Å². The third kappa shape index (κ3) is 2.62. The molecule has 0 fully saturated rings. The highest BCUT2D eigenvalue weighted by atomic mass is 79.9. The maximum atomic E-state index is 12.4. The van der Waals surface area contributed by atoms with Crippen molar-refractivity contribution in [3.05, 3.63) is 52.5 Å². The van der Waals surface area contributed by atoms with Gasteiger partial charge in [-0.25, -0.2) is 0 Å². The average molecular weight is 346 g/mol. The number of fused-ring (bicyclic) bond motifs is 1. The molecule has 0 aliphatic rings. The first-order valence-electron chi connectivity index (χ1n) is 6.27. The summed E-state index contributed by atoms with van der Waals surface area (Å²) in [5.41, 5.74) is 1.36. The van der Waals surface area contributed by atoms with Crippen molar-refractivity contribution in [2.45, 2.75) is 0 Å². The SMILES string of the molecule is COc1ccc(Br)c(C(=O)Nc2n[nH]c3ccccc23)c1. The molecule has 0 atom stereocenters. The molecule has 0 aliphatic heterocycles. The molecule has 0 spiro atoms. The van der Waals surface area contributed by atoms with Crippen LogP contribution in [0, 0.1) is 0 Å². The van der Waals surface area contributed by atoms with E-state index in [1.165, 1.54) is 0 Å². The molecule has 2 aromatic carbocycles. The summed E-state index contributed by atoms with van der Waals surface area (Å²) in [6.45, 7) is 0. The van der Waals surface area contributed by atoms with E-state index in [1.807, 2.05) is 24.3 Å². The summed E-state index contributed by atoms with van der Waals surface area (Å²) in [6.07, 6.45) is 0. The second-order valence-electron chi connectivity index (χ2n) is 4.42. The second kappa shape index (κ2) is 5.57. The molecule has 0 radical (unpaired) electrons. The fourth-order valence-corrected chi connectivity index (χ4v) is 2.47. The zero-order chi connectivity index (χ0) is 14.8. The first-order valence-corrected chi connectivity index (χ1v) is 7.06. The maximum Gasteiger partial charge on any atom is 0.258 e. The Morgan fingerprint density at radius 3 is 2.90 bits per heavy atom. The number of halogens is 1. The van der Waals surface area contributed by atoms with E-state index in [0.29, 0.717) is 21.6 Å². The first-order chi connectivity index (χ1) is 10.2. The van der Waals surface area contributed by atoms with Gasteiger partial charge in [-0.2, -0.15) is 5.10 Å². The van der Waals surface area contributed by atoms with E-state index in [-0.39, 0.29) is 5.91 Å². The second-order valence-corrected chi connectivity index (χ2v) is 5.27. The third-order valence-electron chi connectivity index (χ3n) is 3.12. The molecule has 106 valence electrons. The van der Waals surface area contributed by atoms with E-state index in [4.69, 9.17) is 4.74 Å². The lowest BCUT2D eigenvalue weighted by atomic mass is 10.2. The first kappa shape index (κ1) is 13.6. The van der Waals surface area contributed by atoms with Crippen molar-refractivity contribution in [2.24, 2.45) is 0 Å². The Morgan fingerprint density at radius 1 is 1.29 bits per heavy atom. The van der Waals surface area contributed by atoms with Crippen LogP contribution in [0.5, 0.6) is 5.75 Å². The lowest BCUT2D eigenvalue weighted by Crippen LogP contribution is -2.13. The lowest BCUT2D eigenvalue weighted by Gasteiger charge is -2.07. The summed E-state index contributed by atoms with van der Waals surface area (Å²) >= 11 is 3.37. The standard InChI is InChI=1S/C15H12BrN3O2/c1-21-9-6-7-12(16)11(8-9)15(20)17-14-10-4-2-3-5-13(10)18-19-14/h2-8H,1H3,(H2,17,18,19,20). The van der Waals surface area contributed by atoms with E-state index < -0.39 is 0 Å². The molecule has 0 unspecified atom stereocenters. The maximum absolute atomic E-state index is 12.4. The molecule has 5 nitrogen and oxygen atoms in total. The lowest BCUT2D eigenvalue weighted by molar-refractivity contribution is 0.102. The van der Waals surface area contributed by atoms with E-state index in [1.54, 1.807) is 25.3 Å². The minimum atomic E-state index is -0.252. The van der Waals surface area contributed by atoms with Crippen LogP contribution < -0.4 is 10.1 Å². The predicted molar refractivity (Wildman–Crippen MR) is 84.7 cm³/mol. The molecule has 1 aromatic heterocycles. The Morgan fingerprint density at radius 2 is 2.10 bits per heavy atom. The van der Waals surface area contributed by atoms with E-state index in [9.17, 15) is 4.79 Å². The van der Waals surface area contributed by atoms with Gasteiger partial charge in [-0.15, -0.1) is 0 Å². The number of carbonyl (C=O) groups is 1. The highest BCUT2D eigenvalue weighted by molar-refractivity contribution is 9.10. The molecule has 1 heterocycles. The number of hydrogen-bond donors (Lipinski definition) is 2. The topological polar surface area (TPSA) is 67.0 Å². The van der Waals surface area contributed by atoms with Crippen molar-refractivity contribution in [1.82, 2.24) is 10.2 Å². The Kier molecular flexibility index (Phi) is 3.62. The number of aromatic nitrogens is 2. The molecule has 0 saturated carbocycles. The van der Waals surface area contributed by atoms with Crippen LogP contribution >= 0.6 is 15.9 Å². The van der Waals surface area contributed by atoms with Crippen molar-refractivity contribution < 1.29 is 9.53 Å². The molecule has 3 rings (SSSR count). The van der Waals surface area contributed by atoms with Gasteiger partial charge in [-0.05, 0) is 46.3 Å². The van der Waals surface area contributed by atoms with Crippen LogP contribution in [0.2, 0.25) is 0 Å². The van der Waals surface area contributed by atoms with Gasteiger partial charge in [0.15, 0.2) is 5.82 Å². The fourth-order valence-electron chi connectivity index (χ4n) is 2.04. The Hall–Kier alpha value is -2.34. The number of hydrogen-bond acceptors (Lipinski definition) is 3. The monoisotopic (exact) mass is 345 g/mol. The van der Waals surface area contributed by atoms with E-state index >= 15 is 0 Å². The quantitative estimate of drug-likeness (QED) is 0.762. The number of aromatic amines is 1. The van der Waals surface area contributed by atoms with Crippen LogP contribution in [0.4, 0.5) is 5.82 Å². The molecular weight excluding hydrogens is 334 g/mol. The van der Waals surface area contributed by atoms with Gasteiger partial charge < -0.3 is 10.1 Å². The van der Waals surface area contributed by atoms with Crippen molar-refractivity contribution in [1.29, 1.82) is 0 Å². The van der Waals surface area contributed by atoms with Crippen molar-refractivity contribution in [3.8, 4) is 5.75 Å². The number of methoxy groups -OCH3 is 1. The highest BCUT2D eigenvalue weighted by Crippen LogP contribution is 2.25. The zero-order valence-electron chi connectivity index (χ0n) is 11.2. The zero-order valence-corrected chi connectivity index (χ0v) is 12.8. The molecular formula is C15H12BrN3O2. The van der Waals surface area contributed by atoms with Gasteiger partial charge in [-0.1, -0.05) is 12.1 Å². The van der Waals surface area contributed by atoms with Crippen LogP contribution in [-0.2, 0) is 0 Å². The molecule has 1 amide bonds. The van der Waals surface area contributed by atoms with Crippen LogP contribution in [-0.4, -0.2) is 23.2 Å². The van der Waals surface area contributed by atoms with Crippen molar-refractivity contribution in [2.75, 3.05) is 12.4 Å². The van der Waals surface area contributed by atoms with Gasteiger partial charge >= 0.3 is 0 Å². The highest BCUT2D eigenvalue weighted by Gasteiger charge is 2.14. The minimum Gasteiger partial charge on any atom is -0.497 e. The Balaban J connectivity index is 1.93. The largest absolute Gasteiger partial charge is 0.497 e. The molecule has 0 saturated heterocycles. The van der Waals surface area contributed by atoms with Gasteiger partial charge in [0.05, 0.1) is 18.2 Å². The van der Waals surface area contributed by atoms with E-state index in [2.05, 4.69) is 31.4 Å².